The Kier molecular flexibility index (Phi) is 2.03. The summed E-state index contributed by atoms with van der Waals surface area (Å²) in [5, 5.41) is 0. The van der Waals surface area contributed by atoms with Crippen molar-refractivity contribution in [2.75, 3.05) is 0 Å². The Hall–Kier alpha value is -1.07. The normalized spacial score (nSPS) is 16.8. The van der Waals surface area contributed by atoms with Crippen molar-refractivity contribution in [3.05, 3.63) is 24.5 Å². The molecule has 84 valence electrons. The minimum Gasteiger partial charge on any atom is -0.327 e. The second kappa shape index (κ2) is 3.21. The molecule has 0 bridgehead atoms. The summed E-state index contributed by atoms with van der Waals surface area (Å²) in [5.41, 5.74) is 1.64. The van der Waals surface area contributed by atoms with E-state index in [2.05, 4.69) is 4.98 Å². The number of imidazole rings is 1. The van der Waals surface area contributed by atoms with Crippen LogP contribution >= 0.6 is 10.7 Å². The molecule has 6 heteroatoms. The van der Waals surface area contributed by atoms with E-state index in [1.54, 1.807) is 18.5 Å². The Morgan fingerprint density at radius 2 is 2.12 bits per heavy atom. The van der Waals surface area contributed by atoms with E-state index in [1.807, 2.05) is 4.57 Å². The maximum Gasteiger partial charge on any atom is 0.261 e. The standard InChI is InChI=1S/C10H9ClN2O2S/c11-16(14,15)8-3-4-9-10(5-8)13(6-12-9)7-1-2-7/h3-7H,1-2H2. The van der Waals surface area contributed by atoms with E-state index in [1.165, 1.54) is 6.07 Å². The molecule has 0 N–H and O–H groups in total. The number of nitrogens with zero attached hydrogens (tertiary/aromatic N) is 2. The Bertz CT molecular complexity index is 659. The van der Waals surface area contributed by atoms with Crippen LogP contribution in [0.15, 0.2) is 29.4 Å². The van der Waals surface area contributed by atoms with Crippen LogP contribution in [0.25, 0.3) is 11.0 Å². The lowest BCUT2D eigenvalue weighted by atomic mass is 10.3. The number of halogens is 1. The number of hydrogen-bond acceptors (Lipinski definition) is 3. The molecule has 0 aliphatic heterocycles. The average molecular weight is 257 g/mol. The van der Waals surface area contributed by atoms with Gasteiger partial charge in [-0.1, -0.05) is 0 Å². The van der Waals surface area contributed by atoms with Crippen molar-refractivity contribution >= 4 is 30.8 Å². The molecule has 1 aliphatic carbocycles. The van der Waals surface area contributed by atoms with E-state index < -0.39 is 9.05 Å². The van der Waals surface area contributed by atoms with Crippen LogP contribution in [-0.4, -0.2) is 18.0 Å². The van der Waals surface area contributed by atoms with Crippen LogP contribution in [0.1, 0.15) is 18.9 Å². The summed E-state index contributed by atoms with van der Waals surface area (Å²) < 4.78 is 24.5. The minimum absolute atomic E-state index is 0.129. The van der Waals surface area contributed by atoms with Crippen molar-refractivity contribution in [3.63, 3.8) is 0 Å². The van der Waals surface area contributed by atoms with Crippen LogP contribution in [0.2, 0.25) is 0 Å². The third kappa shape index (κ3) is 1.60. The van der Waals surface area contributed by atoms with Gasteiger partial charge in [0.05, 0.1) is 22.3 Å². The van der Waals surface area contributed by atoms with E-state index in [9.17, 15) is 8.42 Å². The Balaban J connectivity index is 2.25. The number of hydrogen-bond donors (Lipinski definition) is 0. The Labute approximate surface area is 97.3 Å². The van der Waals surface area contributed by atoms with Crippen LogP contribution in [0, 0.1) is 0 Å². The van der Waals surface area contributed by atoms with Gasteiger partial charge in [0.2, 0.25) is 0 Å². The van der Waals surface area contributed by atoms with E-state index >= 15 is 0 Å². The van der Waals surface area contributed by atoms with Gasteiger partial charge >= 0.3 is 0 Å². The third-order valence-corrected chi connectivity index (χ3v) is 4.12. The van der Waals surface area contributed by atoms with Gasteiger partial charge in [-0.15, -0.1) is 0 Å². The molecular formula is C10H9ClN2O2S. The molecule has 4 nitrogen and oxygen atoms in total. The monoisotopic (exact) mass is 256 g/mol. The minimum atomic E-state index is -3.66. The van der Waals surface area contributed by atoms with E-state index in [0.717, 1.165) is 23.9 Å². The lowest BCUT2D eigenvalue weighted by molar-refractivity contribution is 0.609. The van der Waals surface area contributed by atoms with Crippen molar-refractivity contribution < 1.29 is 8.42 Å². The molecule has 0 radical (unpaired) electrons. The Morgan fingerprint density at radius 1 is 1.38 bits per heavy atom. The topological polar surface area (TPSA) is 52.0 Å². The second-order valence-corrected chi connectivity index (χ2v) is 6.54. The first-order chi connectivity index (χ1) is 7.55. The highest BCUT2D eigenvalue weighted by atomic mass is 35.7. The van der Waals surface area contributed by atoms with E-state index in [0.29, 0.717) is 6.04 Å². The number of fused-ring (bicyclic) bond motifs is 1. The van der Waals surface area contributed by atoms with Crippen LogP contribution in [0.4, 0.5) is 0 Å². The fraction of sp³-hybridized carbons (Fsp3) is 0.300. The quantitative estimate of drug-likeness (QED) is 0.775. The molecule has 3 rings (SSSR count). The van der Waals surface area contributed by atoms with Crippen molar-refractivity contribution in [2.24, 2.45) is 0 Å². The van der Waals surface area contributed by atoms with Crippen LogP contribution in [-0.2, 0) is 9.05 Å². The molecule has 0 unspecified atom stereocenters. The first-order valence-corrected chi connectivity index (χ1v) is 7.28. The highest BCUT2D eigenvalue weighted by molar-refractivity contribution is 8.13. The van der Waals surface area contributed by atoms with E-state index in [-0.39, 0.29) is 4.90 Å². The smallest absolute Gasteiger partial charge is 0.261 e. The van der Waals surface area contributed by atoms with Crippen molar-refractivity contribution in [1.82, 2.24) is 9.55 Å². The van der Waals surface area contributed by atoms with Crippen LogP contribution < -0.4 is 0 Å². The molecule has 1 aromatic heterocycles. The van der Waals surface area contributed by atoms with Crippen molar-refractivity contribution in [3.8, 4) is 0 Å². The molecule has 16 heavy (non-hydrogen) atoms. The first-order valence-electron chi connectivity index (χ1n) is 4.97. The molecule has 0 saturated heterocycles. The number of aromatic nitrogens is 2. The lowest BCUT2D eigenvalue weighted by Gasteiger charge is -2.01. The molecule has 0 spiro atoms. The zero-order chi connectivity index (χ0) is 11.3. The number of rotatable bonds is 2. The zero-order valence-corrected chi connectivity index (χ0v) is 9.87. The van der Waals surface area contributed by atoms with Gasteiger partial charge in [-0.05, 0) is 31.0 Å². The van der Waals surface area contributed by atoms with Gasteiger partial charge in [0, 0.05) is 16.7 Å². The molecule has 1 aromatic carbocycles. The predicted octanol–water partition coefficient (Wildman–Crippen LogP) is 2.30. The van der Waals surface area contributed by atoms with Crippen LogP contribution in [0.5, 0.6) is 0 Å². The van der Waals surface area contributed by atoms with Gasteiger partial charge in [-0.3, -0.25) is 0 Å². The maximum absolute atomic E-state index is 11.2. The van der Waals surface area contributed by atoms with Gasteiger partial charge in [0.1, 0.15) is 0 Å². The van der Waals surface area contributed by atoms with E-state index in [4.69, 9.17) is 10.7 Å². The van der Waals surface area contributed by atoms with Gasteiger partial charge in [0.15, 0.2) is 0 Å². The van der Waals surface area contributed by atoms with Crippen molar-refractivity contribution in [2.45, 2.75) is 23.8 Å². The average Bonchev–Trinajstić information content (AvgIpc) is 2.96. The fourth-order valence-electron chi connectivity index (χ4n) is 1.80. The van der Waals surface area contributed by atoms with Crippen LogP contribution in [0.3, 0.4) is 0 Å². The van der Waals surface area contributed by atoms with Gasteiger partial charge in [-0.25, -0.2) is 13.4 Å². The summed E-state index contributed by atoms with van der Waals surface area (Å²) in [4.78, 5) is 4.36. The number of benzene rings is 1. The molecular weight excluding hydrogens is 248 g/mol. The zero-order valence-electron chi connectivity index (χ0n) is 8.30. The highest BCUT2D eigenvalue weighted by Gasteiger charge is 2.25. The summed E-state index contributed by atoms with van der Waals surface area (Å²) in [7, 11) is 1.65. The summed E-state index contributed by atoms with van der Waals surface area (Å²) in [6.45, 7) is 0. The van der Waals surface area contributed by atoms with Crippen molar-refractivity contribution in [1.29, 1.82) is 0 Å². The second-order valence-electron chi connectivity index (χ2n) is 3.97. The molecule has 1 aliphatic rings. The molecule has 0 amide bonds. The van der Waals surface area contributed by atoms with Gasteiger partial charge < -0.3 is 4.57 Å². The summed E-state index contributed by atoms with van der Waals surface area (Å²) in [6, 6.07) is 5.22. The summed E-state index contributed by atoms with van der Waals surface area (Å²) in [5.74, 6) is 0. The third-order valence-electron chi connectivity index (χ3n) is 2.77. The maximum atomic E-state index is 11.2. The SMILES string of the molecule is O=S(=O)(Cl)c1ccc2ncn(C3CC3)c2c1. The molecule has 2 aromatic rings. The lowest BCUT2D eigenvalue weighted by Crippen LogP contribution is -1.94. The summed E-state index contributed by atoms with van der Waals surface area (Å²) >= 11 is 0. The highest BCUT2D eigenvalue weighted by Crippen LogP contribution is 2.37. The first kappa shape index (κ1) is 10.1. The molecule has 0 atom stereocenters. The molecule has 1 fully saturated rings. The summed E-state index contributed by atoms with van der Waals surface area (Å²) in [6.07, 6.45) is 4.01. The largest absolute Gasteiger partial charge is 0.327 e. The predicted molar refractivity (Wildman–Crippen MR) is 61.0 cm³/mol. The fourth-order valence-corrected chi connectivity index (χ4v) is 2.57. The van der Waals surface area contributed by atoms with Gasteiger partial charge in [0.25, 0.3) is 9.05 Å². The molecule has 1 heterocycles. The van der Waals surface area contributed by atoms with Gasteiger partial charge in [-0.2, -0.15) is 0 Å². The molecule has 1 saturated carbocycles. The Morgan fingerprint density at radius 3 is 2.75 bits per heavy atom.